The van der Waals surface area contributed by atoms with E-state index >= 15 is 0 Å². The maximum Gasteiger partial charge on any atom is 0.339 e. The Morgan fingerprint density at radius 2 is 2.20 bits per heavy atom. The average molecular weight is 372 g/mol. The summed E-state index contributed by atoms with van der Waals surface area (Å²) in [6, 6.07) is 3.23. The first-order valence-corrected chi connectivity index (χ1v) is 9.59. The molecular weight excluding hydrogens is 348 g/mol. The van der Waals surface area contributed by atoms with Crippen molar-refractivity contribution in [2.75, 3.05) is 39.9 Å². The molecule has 9 heteroatoms. The van der Waals surface area contributed by atoms with Crippen LogP contribution >= 0.6 is 0 Å². The largest absolute Gasteiger partial charge is 0.507 e. The third-order valence-corrected chi connectivity index (χ3v) is 5.71. The normalized spacial score (nSPS) is 19.0. The summed E-state index contributed by atoms with van der Waals surface area (Å²) in [5, 5.41) is 18.5. The monoisotopic (exact) mass is 372 g/mol. The van der Waals surface area contributed by atoms with Gasteiger partial charge in [0.2, 0.25) is 10.0 Å². The molecule has 0 amide bonds. The van der Waals surface area contributed by atoms with Crippen LogP contribution in [-0.4, -0.2) is 69.4 Å². The number of hydrogen-bond donors (Lipinski definition) is 3. The van der Waals surface area contributed by atoms with Gasteiger partial charge in [-0.1, -0.05) is 0 Å². The van der Waals surface area contributed by atoms with Crippen molar-refractivity contribution in [1.82, 2.24) is 9.62 Å². The molecule has 0 spiro atoms. The molecule has 0 saturated carbocycles. The lowest BCUT2D eigenvalue weighted by Crippen LogP contribution is -2.42. The number of nitrogens with one attached hydrogen (secondary N) is 1. The molecule has 8 nitrogen and oxygen atoms in total. The molecule has 0 radical (unpaired) electrons. The zero-order valence-corrected chi connectivity index (χ0v) is 15.0. The van der Waals surface area contributed by atoms with Crippen molar-refractivity contribution in [3.05, 3.63) is 23.8 Å². The first kappa shape index (κ1) is 19.6. The van der Waals surface area contributed by atoms with Crippen LogP contribution in [0.5, 0.6) is 5.75 Å². The maximum absolute atomic E-state index is 12.4. The second kappa shape index (κ2) is 8.61. The molecule has 1 aromatic carbocycles. The summed E-state index contributed by atoms with van der Waals surface area (Å²) in [6.45, 7) is 3.52. The number of carboxylic acids is 1. The fraction of sp³-hybridized carbons (Fsp3) is 0.562. The summed E-state index contributed by atoms with van der Waals surface area (Å²) in [5.41, 5.74) is -0.439. The van der Waals surface area contributed by atoms with E-state index in [0.717, 1.165) is 44.6 Å². The number of ether oxygens (including phenoxy) is 1. The van der Waals surface area contributed by atoms with Crippen molar-refractivity contribution in [2.45, 2.75) is 17.7 Å². The molecule has 1 aliphatic rings. The molecule has 1 aromatic rings. The van der Waals surface area contributed by atoms with Gasteiger partial charge in [-0.15, -0.1) is 0 Å². The van der Waals surface area contributed by atoms with E-state index in [-0.39, 0.29) is 17.4 Å². The number of aromatic carboxylic acids is 1. The first-order valence-electron chi connectivity index (χ1n) is 8.10. The zero-order valence-electron chi connectivity index (χ0n) is 14.1. The molecule has 0 aliphatic carbocycles. The molecular formula is C16H24N2O6S. The van der Waals surface area contributed by atoms with Gasteiger partial charge < -0.3 is 19.8 Å². The van der Waals surface area contributed by atoms with Crippen molar-refractivity contribution in [2.24, 2.45) is 5.92 Å². The number of hydrogen-bond acceptors (Lipinski definition) is 6. The summed E-state index contributed by atoms with van der Waals surface area (Å²) < 4.78 is 32.4. The van der Waals surface area contributed by atoms with Crippen LogP contribution in [0.25, 0.3) is 0 Å². The molecule has 0 unspecified atom stereocenters. The molecule has 1 aliphatic heterocycles. The smallest absolute Gasteiger partial charge is 0.339 e. The highest BCUT2D eigenvalue weighted by atomic mass is 32.2. The minimum Gasteiger partial charge on any atom is -0.507 e. The molecule has 1 atom stereocenters. The Morgan fingerprint density at radius 3 is 2.88 bits per heavy atom. The second-order valence-electron chi connectivity index (χ2n) is 6.14. The molecule has 3 N–H and O–H groups in total. The van der Waals surface area contributed by atoms with Gasteiger partial charge in [0, 0.05) is 26.7 Å². The number of sulfonamides is 1. The molecule has 1 heterocycles. The number of benzene rings is 1. The Balaban J connectivity index is 1.99. The highest BCUT2D eigenvalue weighted by molar-refractivity contribution is 7.89. The molecule has 1 saturated heterocycles. The van der Waals surface area contributed by atoms with E-state index in [4.69, 9.17) is 9.84 Å². The molecule has 0 bridgehead atoms. The minimum atomic E-state index is -3.83. The average Bonchev–Trinajstić information content (AvgIpc) is 2.58. The standard InChI is InChI=1S/C16H24N2O6S/c1-24-8-7-18-6-2-3-12(11-18)10-17-25(22,23)13-4-5-15(19)14(9-13)16(20)21/h4-5,9,12,17,19H,2-3,6-8,10-11H2,1H3,(H,20,21)/t12-/m0/s1. The molecule has 2 rings (SSSR count). The Morgan fingerprint density at radius 1 is 1.44 bits per heavy atom. The van der Waals surface area contributed by atoms with E-state index in [9.17, 15) is 18.3 Å². The van der Waals surface area contributed by atoms with Crippen molar-refractivity contribution in [3.63, 3.8) is 0 Å². The number of nitrogens with zero attached hydrogens (tertiary/aromatic N) is 1. The minimum absolute atomic E-state index is 0.172. The Kier molecular flexibility index (Phi) is 6.77. The summed E-state index contributed by atoms with van der Waals surface area (Å²) in [7, 11) is -2.18. The van der Waals surface area contributed by atoms with E-state index in [1.807, 2.05) is 0 Å². The number of likely N-dealkylation sites (tertiary alicyclic amines) is 1. The van der Waals surface area contributed by atoms with Crippen LogP contribution in [0.3, 0.4) is 0 Å². The van der Waals surface area contributed by atoms with Crippen molar-refractivity contribution >= 4 is 16.0 Å². The maximum atomic E-state index is 12.4. The van der Waals surface area contributed by atoms with Crippen LogP contribution in [0.2, 0.25) is 0 Å². The van der Waals surface area contributed by atoms with Crippen LogP contribution < -0.4 is 4.72 Å². The van der Waals surface area contributed by atoms with Crippen molar-refractivity contribution in [3.8, 4) is 5.75 Å². The summed E-state index contributed by atoms with van der Waals surface area (Å²) in [4.78, 5) is 13.1. The summed E-state index contributed by atoms with van der Waals surface area (Å²) in [5.74, 6) is -1.65. The molecule has 140 valence electrons. The Bertz CT molecular complexity index is 707. The number of methoxy groups -OCH3 is 1. The number of carboxylic acid groups (broad SMARTS) is 1. The molecule has 25 heavy (non-hydrogen) atoms. The van der Waals surface area contributed by atoms with Gasteiger partial charge in [-0.25, -0.2) is 17.9 Å². The molecule has 1 fully saturated rings. The van der Waals surface area contributed by atoms with Gasteiger partial charge in [0.1, 0.15) is 11.3 Å². The van der Waals surface area contributed by atoms with Gasteiger partial charge in [0.15, 0.2) is 0 Å². The number of piperidine rings is 1. The van der Waals surface area contributed by atoms with E-state index in [1.54, 1.807) is 7.11 Å². The highest BCUT2D eigenvalue weighted by Crippen LogP contribution is 2.22. The van der Waals surface area contributed by atoms with Crippen molar-refractivity contribution in [1.29, 1.82) is 0 Å². The highest BCUT2D eigenvalue weighted by Gasteiger charge is 2.23. The zero-order chi connectivity index (χ0) is 18.4. The number of aromatic hydroxyl groups is 1. The van der Waals surface area contributed by atoms with Crippen LogP contribution in [-0.2, 0) is 14.8 Å². The number of phenols is 1. The van der Waals surface area contributed by atoms with Crippen LogP contribution in [0.1, 0.15) is 23.2 Å². The predicted octanol–water partition coefficient (Wildman–Crippen LogP) is 0.727. The lowest BCUT2D eigenvalue weighted by Gasteiger charge is -2.32. The van der Waals surface area contributed by atoms with Crippen LogP contribution in [0.4, 0.5) is 0 Å². The predicted molar refractivity (Wildman–Crippen MR) is 91.3 cm³/mol. The SMILES string of the molecule is COCCN1CCC[C@@H](CNS(=O)(=O)c2ccc(O)c(C(=O)O)c2)C1. The van der Waals surface area contributed by atoms with E-state index in [1.165, 1.54) is 6.07 Å². The fourth-order valence-electron chi connectivity index (χ4n) is 2.91. The topological polar surface area (TPSA) is 116 Å². The lowest BCUT2D eigenvalue weighted by atomic mass is 9.98. The van der Waals surface area contributed by atoms with Gasteiger partial charge in [-0.3, -0.25) is 0 Å². The summed E-state index contributed by atoms with van der Waals surface area (Å²) in [6.07, 6.45) is 1.93. The van der Waals surface area contributed by atoms with Gasteiger partial charge in [-0.2, -0.15) is 0 Å². The third-order valence-electron chi connectivity index (χ3n) is 4.29. The van der Waals surface area contributed by atoms with Gasteiger partial charge >= 0.3 is 5.97 Å². The van der Waals surface area contributed by atoms with Gasteiger partial charge in [-0.05, 0) is 43.5 Å². The van der Waals surface area contributed by atoms with Crippen LogP contribution in [0, 0.1) is 5.92 Å². The lowest BCUT2D eigenvalue weighted by molar-refractivity contribution is 0.0693. The fourth-order valence-corrected chi connectivity index (χ4v) is 4.05. The number of rotatable bonds is 8. The van der Waals surface area contributed by atoms with E-state index in [2.05, 4.69) is 9.62 Å². The van der Waals surface area contributed by atoms with Gasteiger partial charge in [0.05, 0.1) is 11.5 Å². The van der Waals surface area contributed by atoms with Gasteiger partial charge in [0.25, 0.3) is 0 Å². The second-order valence-corrected chi connectivity index (χ2v) is 7.90. The molecule has 0 aromatic heterocycles. The van der Waals surface area contributed by atoms with E-state index < -0.39 is 27.3 Å². The van der Waals surface area contributed by atoms with Crippen molar-refractivity contribution < 1.29 is 28.2 Å². The summed E-state index contributed by atoms with van der Waals surface area (Å²) >= 11 is 0. The quantitative estimate of drug-likeness (QED) is 0.616. The number of carbonyl (C=O) groups is 1. The Hall–Kier alpha value is -1.68. The Labute approximate surface area is 147 Å². The first-order chi connectivity index (χ1) is 11.8. The third kappa shape index (κ3) is 5.40. The van der Waals surface area contributed by atoms with Crippen LogP contribution in [0.15, 0.2) is 23.1 Å². The van der Waals surface area contributed by atoms with E-state index in [0.29, 0.717) is 6.61 Å².